The van der Waals surface area contributed by atoms with E-state index in [4.69, 9.17) is 0 Å². The summed E-state index contributed by atoms with van der Waals surface area (Å²) in [6, 6.07) is 1.71. The van der Waals surface area contributed by atoms with Crippen LogP contribution >= 0.6 is 15.9 Å². The highest BCUT2D eigenvalue weighted by Gasteiger charge is 2.35. The van der Waals surface area contributed by atoms with Crippen LogP contribution in [0.1, 0.15) is 33.1 Å². The lowest BCUT2D eigenvalue weighted by Crippen LogP contribution is -2.47. The van der Waals surface area contributed by atoms with Crippen LogP contribution in [0, 0.1) is 0 Å². The number of pyridine rings is 1. The molecule has 0 radical (unpaired) electrons. The minimum Gasteiger partial charge on any atom is -0.262 e. The van der Waals surface area contributed by atoms with E-state index in [1.165, 1.54) is 6.20 Å². The molecule has 2 unspecified atom stereocenters. The summed E-state index contributed by atoms with van der Waals surface area (Å²) in [4.78, 5) is 4.20. The Kier molecular flexibility index (Phi) is 4.08. The monoisotopic (exact) mass is 332 g/mol. The molecule has 0 bridgehead atoms. The summed E-state index contributed by atoms with van der Waals surface area (Å²) in [5.74, 6) is 0. The van der Waals surface area contributed by atoms with E-state index in [-0.39, 0.29) is 17.0 Å². The van der Waals surface area contributed by atoms with E-state index in [2.05, 4.69) is 20.9 Å². The first-order valence-corrected chi connectivity index (χ1v) is 8.30. The maximum absolute atomic E-state index is 12.6. The number of hydrogen-bond acceptors (Lipinski definition) is 3. The molecule has 0 aliphatic carbocycles. The van der Waals surface area contributed by atoms with Crippen molar-refractivity contribution in [1.29, 1.82) is 0 Å². The highest BCUT2D eigenvalue weighted by molar-refractivity contribution is 9.10. The lowest BCUT2D eigenvalue weighted by atomic mass is 10.0. The van der Waals surface area contributed by atoms with Gasteiger partial charge in [-0.2, -0.15) is 4.31 Å². The molecule has 0 spiro atoms. The molecule has 1 fully saturated rings. The van der Waals surface area contributed by atoms with E-state index < -0.39 is 10.0 Å². The van der Waals surface area contributed by atoms with Crippen LogP contribution in [0.15, 0.2) is 27.8 Å². The van der Waals surface area contributed by atoms with Gasteiger partial charge in [0.2, 0.25) is 10.0 Å². The highest BCUT2D eigenvalue weighted by atomic mass is 79.9. The molecule has 0 aromatic carbocycles. The first-order chi connectivity index (χ1) is 8.43. The second-order valence-electron chi connectivity index (χ2n) is 4.80. The smallest absolute Gasteiger partial charge is 0.245 e. The van der Waals surface area contributed by atoms with Crippen LogP contribution in [0.3, 0.4) is 0 Å². The SMILES string of the molecule is CC1CCCC(C)N1S(=O)(=O)c1cncc(Br)c1. The Morgan fingerprint density at radius 3 is 2.44 bits per heavy atom. The molecule has 6 heteroatoms. The summed E-state index contributed by atoms with van der Waals surface area (Å²) >= 11 is 3.26. The number of piperidine rings is 1. The molecule has 1 aromatic rings. The van der Waals surface area contributed by atoms with Gasteiger partial charge in [-0.1, -0.05) is 6.42 Å². The van der Waals surface area contributed by atoms with Crippen molar-refractivity contribution in [1.82, 2.24) is 9.29 Å². The molecule has 18 heavy (non-hydrogen) atoms. The van der Waals surface area contributed by atoms with Gasteiger partial charge in [0.15, 0.2) is 0 Å². The van der Waals surface area contributed by atoms with Crippen LogP contribution in [-0.2, 0) is 10.0 Å². The summed E-state index contributed by atoms with van der Waals surface area (Å²) in [7, 11) is -3.44. The van der Waals surface area contributed by atoms with Crippen molar-refractivity contribution in [2.45, 2.75) is 50.1 Å². The third-order valence-electron chi connectivity index (χ3n) is 3.37. The average molecular weight is 333 g/mol. The fourth-order valence-corrected chi connectivity index (χ4v) is 4.91. The number of aromatic nitrogens is 1. The van der Waals surface area contributed by atoms with Crippen molar-refractivity contribution in [3.8, 4) is 0 Å². The van der Waals surface area contributed by atoms with Crippen molar-refractivity contribution < 1.29 is 8.42 Å². The largest absolute Gasteiger partial charge is 0.262 e. The molecular formula is C12H17BrN2O2S. The topological polar surface area (TPSA) is 50.3 Å². The molecule has 0 N–H and O–H groups in total. The van der Waals surface area contributed by atoms with E-state index in [1.807, 2.05) is 13.8 Å². The molecule has 0 amide bonds. The second-order valence-corrected chi connectivity index (χ2v) is 7.56. The van der Waals surface area contributed by atoms with Gasteiger partial charge in [-0.3, -0.25) is 4.98 Å². The van der Waals surface area contributed by atoms with E-state index in [0.717, 1.165) is 19.3 Å². The van der Waals surface area contributed by atoms with Crippen LogP contribution in [0.2, 0.25) is 0 Å². The second kappa shape index (κ2) is 5.27. The van der Waals surface area contributed by atoms with Crippen molar-refractivity contribution in [2.24, 2.45) is 0 Å². The van der Waals surface area contributed by atoms with Gasteiger partial charge in [-0.05, 0) is 48.7 Å². The predicted molar refractivity (Wildman–Crippen MR) is 73.7 cm³/mol. The fraction of sp³-hybridized carbons (Fsp3) is 0.583. The fourth-order valence-electron chi connectivity index (χ4n) is 2.53. The minimum absolute atomic E-state index is 0.0535. The van der Waals surface area contributed by atoms with Crippen molar-refractivity contribution >= 4 is 26.0 Å². The van der Waals surface area contributed by atoms with Crippen LogP contribution in [-0.4, -0.2) is 29.8 Å². The third kappa shape index (κ3) is 2.60. The highest BCUT2D eigenvalue weighted by Crippen LogP contribution is 2.29. The molecule has 2 rings (SSSR count). The van der Waals surface area contributed by atoms with E-state index >= 15 is 0 Å². The Morgan fingerprint density at radius 1 is 1.28 bits per heavy atom. The number of rotatable bonds is 2. The zero-order chi connectivity index (χ0) is 13.3. The first kappa shape index (κ1) is 14.0. The zero-order valence-electron chi connectivity index (χ0n) is 10.5. The number of halogens is 1. The van der Waals surface area contributed by atoms with Gasteiger partial charge >= 0.3 is 0 Å². The van der Waals surface area contributed by atoms with E-state index in [9.17, 15) is 8.42 Å². The Balaban J connectivity index is 2.41. The third-order valence-corrected chi connectivity index (χ3v) is 5.90. The summed E-state index contributed by atoms with van der Waals surface area (Å²) in [6.07, 6.45) is 5.93. The normalized spacial score (nSPS) is 26.2. The quantitative estimate of drug-likeness (QED) is 0.836. The van der Waals surface area contributed by atoms with Gasteiger partial charge in [-0.15, -0.1) is 0 Å². The Bertz CT molecular complexity index is 523. The van der Waals surface area contributed by atoms with Crippen molar-refractivity contribution in [2.75, 3.05) is 0 Å². The average Bonchev–Trinajstić information content (AvgIpc) is 2.28. The van der Waals surface area contributed by atoms with Gasteiger partial charge in [-0.25, -0.2) is 8.42 Å². The van der Waals surface area contributed by atoms with E-state index in [0.29, 0.717) is 4.47 Å². The van der Waals surface area contributed by atoms with Gasteiger partial charge in [0, 0.05) is 29.0 Å². The molecule has 1 saturated heterocycles. The summed E-state index contributed by atoms with van der Waals surface area (Å²) < 4.78 is 27.6. The van der Waals surface area contributed by atoms with Gasteiger partial charge < -0.3 is 0 Å². The number of hydrogen-bond donors (Lipinski definition) is 0. The molecule has 4 nitrogen and oxygen atoms in total. The number of nitrogens with zero attached hydrogens (tertiary/aromatic N) is 2. The molecule has 0 saturated carbocycles. The van der Waals surface area contributed by atoms with Crippen LogP contribution in [0.4, 0.5) is 0 Å². The Labute approximate surface area is 117 Å². The van der Waals surface area contributed by atoms with Crippen molar-refractivity contribution in [3.63, 3.8) is 0 Å². The molecule has 1 aromatic heterocycles. The summed E-state index contributed by atoms with van der Waals surface area (Å²) in [5, 5.41) is 0. The lowest BCUT2D eigenvalue weighted by Gasteiger charge is -2.37. The predicted octanol–water partition coefficient (Wildman–Crippen LogP) is 2.80. The molecule has 1 aliphatic heterocycles. The Morgan fingerprint density at radius 2 is 1.89 bits per heavy atom. The maximum Gasteiger partial charge on any atom is 0.245 e. The first-order valence-electron chi connectivity index (χ1n) is 6.07. The van der Waals surface area contributed by atoms with Crippen LogP contribution < -0.4 is 0 Å². The van der Waals surface area contributed by atoms with Gasteiger partial charge in [0.1, 0.15) is 4.90 Å². The summed E-state index contributed by atoms with van der Waals surface area (Å²) in [5.41, 5.74) is 0. The molecule has 100 valence electrons. The molecule has 1 aliphatic rings. The number of sulfonamides is 1. The van der Waals surface area contributed by atoms with E-state index in [1.54, 1.807) is 16.6 Å². The summed E-state index contributed by atoms with van der Waals surface area (Å²) in [6.45, 7) is 3.94. The van der Waals surface area contributed by atoms with Crippen LogP contribution in [0.5, 0.6) is 0 Å². The molecule has 2 heterocycles. The van der Waals surface area contributed by atoms with Crippen molar-refractivity contribution in [3.05, 3.63) is 22.9 Å². The molecular weight excluding hydrogens is 316 g/mol. The lowest BCUT2D eigenvalue weighted by molar-refractivity contribution is 0.204. The zero-order valence-corrected chi connectivity index (χ0v) is 12.9. The van der Waals surface area contributed by atoms with Crippen LogP contribution in [0.25, 0.3) is 0 Å². The van der Waals surface area contributed by atoms with Gasteiger partial charge in [0.05, 0.1) is 0 Å². The van der Waals surface area contributed by atoms with Gasteiger partial charge in [0.25, 0.3) is 0 Å². The Hall–Kier alpha value is -0.460. The molecule has 2 atom stereocenters. The standard InChI is InChI=1S/C12H17BrN2O2S/c1-9-4-3-5-10(2)15(9)18(16,17)12-6-11(13)7-14-8-12/h6-10H,3-5H2,1-2H3. The maximum atomic E-state index is 12.6. The minimum atomic E-state index is -3.44.